The highest BCUT2D eigenvalue weighted by Gasteiger charge is 2.26. The molecule has 0 aliphatic carbocycles. The number of amidine groups is 1. The van der Waals surface area contributed by atoms with Crippen molar-refractivity contribution in [3.8, 4) is 11.8 Å². The summed E-state index contributed by atoms with van der Waals surface area (Å²) in [4.78, 5) is 28.1. The molecule has 0 saturated carbocycles. The molecule has 11 heteroatoms. The van der Waals surface area contributed by atoms with Crippen molar-refractivity contribution in [3.63, 3.8) is 0 Å². The van der Waals surface area contributed by atoms with Gasteiger partial charge in [-0.1, -0.05) is 0 Å². The van der Waals surface area contributed by atoms with Gasteiger partial charge in [0.15, 0.2) is 6.61 Å². The second kappa shape index (κ2) is 10.1. The topological polar surface area (TPSA) is 129 Å². The zero-order valence-corrected chi connectivity index (χ0v) is 18.2. The molecular weight excluding hydrogens is 436 g/mol. The quantitative estimate of drug-likeness (QED) is 0.534. The van der Waals surface area contributed by atoms with Crippen LogP contribution in [-0.4, -0.2) is 63.1 Å². The normalized spacial score (nSPS) is 16.2. The van der Waals surface area contributed by atoms with Gasteiger partial charge in [0.1, 0.15) is 11.6 Å². The molecule has 1 aromatic rings. The van der Waals surface area contributed by atoms with Crippen LogP contribution in [0.25, 0.3) is 0 Å². The maximum atomic E-state index is 12.7. The Labute approximate surface area is 186 Å². The Morgan fingerprint density at radius 2 is 2.00 bits per heavy atom. The molecule has 0 unspecified atom stereocenters. The molecule has 168 valence electrons. The minimum Gasteiger partial charge on any atom is -0.494 e. The molecule has 0 saturated heterocycles. The molecule has 0 N–H and O–H groups in total. The number of anilines is 1. The molecule has 10 nitrogen and oxygen atoms in total. The molecule has 0 spiro atoms. The molecule has 0 atom stereocenters. The van der Waals surface area contributed by atoms with E-state index in [1.807, 2.05) is 13.0 Å². The van der Waals surface area contributed by atoms with E-state index in [9.17, 15) is 18.0 Å². The summed E-state index contributed by atoms with van der Waals surface area (Å²) in [5.41, 5.74) is 0.720. The van der Waals surface area contributed by atoms with Crippen LogP contribution in [-0.2, 0) is 24.3 Å². The minimum atomic E-state index is -3.49. The minimum absolute atomic E-state index is 0.112. The molecule has 3 rings (SSSR count). The monoisotopic (exact) mass is 458 g/mol. The number of hydrogen-bond acceptors (Lipinski definition) is 8. The number of nitriles is 1. The molecule has 0 radical (unpaired) electrons. The third-order valence-corrected chi connectivity index (χ3v) is 5.76. The van der Waals surface area contributed by atoms with Gasteiger partial charge in [-0.15, -0.1) is 4.40 Å². The van der Waals surface area contributed by atoms with Crippen LogP contribution in [0.1, 0.15) is 13.3 Å². The first-order valence-electron chi connectivity index (χ1n) is 9.89. The van der Waals surface area contributed by atoms with Crippen molar-refractivity contribution in [2.45, 2.75) is 13.3 Å². The van der Waals surface area contributed by atoms with Crippen molar-refractivity contribution >= 4 is 33.4 Å². The van der Waals surface area contributed by atoms with Crippen LogP contribution >= 0.6 is 0 Å². The van der Waals surface area contributed by atoms with Gasteiger partial charge in [0, 0.05) is 25.0 Å². The van der Waals surface area contributed by atoms with Crippen LogP contribution in [0.15, 0.2) is 52.6 Å². The highest BCUT2D eigenvalue weighted by molar-refractivity contribution is 7.90. The van der Waals surface area contributed by atoms with Gasteiger partial charge in [-0.3, -0.25) is 4.79 Å². The van der Waals surface area contributed by atoms with Gasteiger partial charge in [0.25, 0.3) is 15.9 Å². The van der Waals surface area contributed by atoms with Crippen LogP contribution in [0.4, 0.5) is 5.69 Å². The smallest absolute Gasteiger partial charge is 0.340 e. The zero-order valence-electron chi connectivity index (χ0n) is 17.4. The Kier molecular flexibility index (Phi) is 7.27. The summed E-state index contributed by atoms with van der Waals surface area (Å²) in [5, 5.41) is 8.91. The number of fused-ring (bicyclic) bond motifs is 1. The fraction of sp³-hybridized carbons (Fsp3) is 0.333. The van der Waals surface area contributed by atoms with Crippen molar-refractivity contribution in [1.82, 2.24) is 4.90 Å². The Hall–Kier alpha value is -3.65. The van der Waals surface area contributed by atoms with Crippen molar-refractivity contribution < 1.29 is 27.5 Å². The highest BCUT2D eigenvalue weighted by Crippen LogP contribution is 2.21. The predicted molar refractivity (Wildman–Crippen MR) is 116 cm³/mol. The van der Waals surface area contributed by atoms with Crippen molar-refractivity contribution in [3.05, 3.63) is 48.2 Å². The summed E-state index contributed by atoms with van der Waals surface area (Å²) in [7, 11) is -3.49. The maximum absolute atomic E-state index is 12.7. The number of amides is 1. The van der Waals surface area contributed by atoms with E-state index < -0.39 is 28.5 Å². The first-order valence-corrected chi connectivity index (χ1v) is 11.5. The van der Waals surface area contributed by atoms with Gasteiger partial charge >= 0.3 is 5.97 Å². The first-order chi connectivity index (χ1) is 15.3. The first kappa shape index (κ1) is 23.0. The molecule has 2 aliphatic heterocycles. The number of rotatable bonds is 8. The summed E-state index contributed by atoms with van der Waals surface area (Å²) in [5.74, 6) is -0.488. The van der Waals surface area contributed by atoms with Crippen LogP contribution in [0, 0.1) is 11.3 Å². The Bertz CT molecular complexity index is 1120. The summed E-state index contributed by atoms with van der Waals surface area (Å²) in [6.07, 6.45) is 4.36. The summed E-state index contributed by atoms with van der Waals surface area (Å²) in [6, 6.07) is 8.82. The average Bonchev–Trinajstić information content (AvgIpc) is 2.78. The third kappa shape index (κ3) is 5.73. The number of hydrogen-bond donors (Lipinski definition) is 0. The summed E-state index contributed by atoms with van der Waals surface area (Å²) >= 11 is 0. The second-order valence-electron chi connectivity index (χ2n) is 6.80. The molecule has 2 heterocycles. The summed E-state index contributed by atoms with van der Waals surface area (Å²) in [6.45, 7) is 2.17. The van der Waals surface area contributed by atoms with Gasteiger partial charge < -0.3 is 19.3 Å². The van der Waals surface area contributed by atoms with E-state index in [1.165, 1.54) is 23.3 Å². The van der Waals surface area contributed by atoms with Crippen molar-refractivity contribution in [2.75, 3.05) is 37.0 Å². The lowest BCUT2D eigenvalue weighted by Gasteiger charge is -2.27. The van der Waals surface area contributed by atoms with Gasteiger partial charge in [-0.25, -0.2) is 13.2 Å². The van der Waals surface area contributed by atoms with Gasteiger partial charge in [0.05, 0.1) is 30.4 Å². The predicted octanol–water partition coefficient (Wildman–Crippen LogP) is 1.37. The van der Waals surface area contributed by atoms with Crippen LogP contribution in [0.5, 0.6) is 5.75 Å². The van der Waals surface area contributed by atoms with E-state index in [2.05, 4.69) is 4.40 Å². The number of ether oxygens (including phenoxy) is 2. The molecule has 1 amide bonds. The fourth-order valence-electron chi connectivity index (χ4n) is 3.06. The van der Waals surface area contributed by atoms with Gasteiger partial charge in [-0.2, -0.15) is 5.26 Å². The van der Waals surface area contributed by atoms with Gasteiger partial charge in [-0.05, 0) is 43.3 Å². The van der Waals surface area contributed by atoms with Crippen molar-refractivity contribution in [2.24, 2.45) is 4.40 Å². The third-order valence-electron chi connectivity index (χ3n) is 4.59. The number of nitrogens with zero attached hydrogens (tertiary/aromatic N) is 4. The number of benzene rings is 1. The average molecular weight is 458 g/mol. The van der Waals surface area contributed by atoms with E-state index in [0.717, 1.165) is 0 Å². The number of esters is 1. The van der Waals surface area contributed by atoms with E-state index in [-0.39, 0.29) is 36.7 Å². The van der Waals surface area contributed by atoms with E-state index in [1.54, 1.807) is 29.2 Å². The lowest BCUT2D eigenvalue weighted by atomic mass is 10.2. The lowest BCUT2D eigenvalue weighted by Crippen LogP contribution is -2.38. The molecule has 1 aromatic carbocycles. The molecule has 0 fully saturated rings. The van der Waals surface area contributed by atoms with Crippen molar-refractivity contribution in [1.29, 1.82) is 5.26 Å². The standard InChI is InChI=1S/C21H22N4O6S/c1-2-30-18-7-5-17(6-8-18)25(11-3-10-22)20(26)15-31-21(27)16-4-9-19-23-32(28,29)13-12-24(19)14-16/h4-9,14H,2-3,11-13,15H2,1H3. The molecular formula is C21H22N4O6S. The molecule has 32 heavy (non-hydrogen) atoms. The van der Waals surface area contributed by atoms with E-state index in [0.29, 0.717) is 18.0 Å². The lowest BCUT2D eigenvalue weighted by molar-refractivity contribution is -0.143. The summed E-state index contributed by atoms with van der Waals surface area (Å²) < 4.78 is 37.4. The Balaban J connectivity index is 1.64. The molecule has 0 bridgehead atoms. The maximum Gasteiger partial charge on any atom is 0.340 e. The zero-order chi connectivity index (χ0) is 23.1. The number of carbonyl (C=O) groups excluding carboxylic acids is 2. The van der Waals surface area contributed by atoms with E-state index in [4.69, 9.17) is 14.7 Å². The number of sulfonamides is 1. The Morgan fingerprint density at radius 3 is 2.69 bits per heavy atom. The molecule has 2 aliphatic rings. The number of carbonyl (C=O) groups is 2. The van der Waals surface area contributed by atoms with Crippen LogP contribution < -0.4 is 9.64 Å². The largest absolute Gasteiger partial charge is 0.494 e. The highest BCUT2D eigenvalue weighted by atomic mass is 32.2. The van der Waals surface area contributed by atoms with E-state index >= 15 is 0 Å². The van der Waals surface area contributed by atoms with Crippen LogP contribution in [0.2, 0.25) is 0 Å². The fourth-order valence-corrected chi connectivity index (χ4v) is 4.03. The Morgan fingerprint density at radius 1 is 1.25 bits per heavy atom. The molecule has 0 aromatic heterocycles. The van der Waals surface area contributed by atoms with Gasteiger partial charge in [0.2, 0.25) is 0 Å². The second-order valence-corrected chi connectivity index (χ2v) is 8.56. The SMILES string of the molecule is CCOc1ccc(N(CCC#N)C(=O)COC(=O)C2=CN3CCS(=O)(=O)N=C3C=C2)cc1. The van der Waals surface area contributed by atoms with Crippen LogP contribution in [0.3, 0.4) is 0 Å².